The summed E-state index contributed by atoms with van der Waals surface area (Å²) in [5.41, 5.74) is 0.890. The summed E-state index contributed by atoms with van der Waals surface area (Å²) in [5.74, 6) is 0.464. The van der Waals surface area contributed by atoms with Crippen molar-refractivity contribution in [3.63, 3.8) is 0 Å². The zero-order chi connectivity index (χ0) is 25.5. The molecule has 0 spiro atoms. The van der Waals surface area contributed by atoms with E-state index in [0.29, 0.717) is 23.3 Å². The molecule has 2 heterocycles. The molecule has 3 rings (SSSR count). The van der Waals surface area contributed by atoms with E-state index in [4.69, 9.17) is 0 Å². The number of carbonyl (C=O) groups excluding carboxylic acids is 2. The average Bonchev–Trinajstić information content (AvgIpc) is 3.24. The van der Waals surface area contributed by atoms with Crippen molar-refractivity contribution in [3.05, 3.63) is 69.7 Å². The van der Waals surface area contributed by atoms with Gasteiger partial charge in [0.1, 0.15) is 5.82 Å². The maximum Gasteiger partial charge on any atom is 0.270 e. The highest BCUT2D eigenvalue weighted by Crippen LogP contribution is 2.26. The van der Waals surface area contributed by atoms with Crippen LogP contribution >= 0.6 is 11.8 Å². The zero-order valence-corrected chi connectivity index (χ0v) is 20.7. The second kappa shape index (κ2) is 11.6. The van der Waals surface area contributed by atoms with Crippen molar-refractivity contribution >= 4 is 35.1 Å². The molecule has 1 aromatic carbocycles. The molecule has 2 N–H and O–H groups in total. The molecule has 0 fully saturated rings. The Hall–Kier alpha value is -3.80. The van der Waals surface area contributed by atoms with E-state index >= 15 is 0 Å². The molecule has 1 atom stereocenters. The standard InChI is InChI=1S/C23H27N7O4S/c1-5-29-21(19(14(2)3)26-22(32)16-9-6-10-17(12-16)30(33)34)27-28-23(29)35-13-18(31)25-20-15(4)8-7-11-24-20/h6-12,14,19H,5,13H2,1-4H3,(H,26,32)(H,24,25,31)/t19-/m0/s1. The minimum absolute atomic E-state index is 0.0413. The third-order valence-electron chi connectivity index (χ3n) is 5.21. The molecule has 0 aliphatic rings. The number of aryl methyl sites for hydroxylation is 1. The van der Waals surface area contributed by atoms with Gasteiger partial charge < -0.3 is 15.2 Å². The number of hydrogen-bond donors (Lipinski definition) is 2. The zero-order valence-electron chi connectivity index (χ0n) is 19.9. The predicted molar refractivity (Wildman–Crippen MR) is 132 cm³/mol. The smallest absolute Gasteiger partial charge is 0.270 e. The Balaban J connectivity index is 1.74. The molecule has 2 amide bonds. The van der Waals surface area contributed by atoms with Crippen molar-refractivity contribution in [2.24, 2.45) is 5.92 Å². The van der Waals surface area contributed by atoms with Gasteiger partial charge in [-0.05, 0) is 37.5 Å². The fraction of sp³-hybridized carbons (Fsp3) is 0.348. The first-order valence-corrected chi connectivity index (χ1v) is 12.0. The van der Waals surface area contributed by atoms with Crippen LogP contribution in [0.15, 0.2) is 47.8 Å². The second-order valence-corrected chi connectivity index (χ2v) is 9.04. The van der Waals surface area contributed by atoms with E-state index in [1.54, 1.807) is 12.3 Å². The number of nitro benzene ring substituents is 1. The van der Waals surface area contributed by atoms with Crippen LogP contribution in [0.25, 0.3) is 0 Å². The topological polar surface area (TPSA) is 145 Å². The molecule has 184 valence electrons. The number of anilines is 1. The van der Waals surface area contributed by atoms with Gasteiger partial charge in [-0.2, -0.15) is 0 Å². The molecule has 12 heteroatoms. The third kappa shape index (κ3) is 6.41. The molecule has 0 aliphatic carbocycles. The largest absolute Gasteiger partial charge is 0.342 e. The first-order chi connectivity index (χ1) is 16.7. The van der Waals surface area contributed by atoms with Crippen LogP contribution in [0.5, 0.6) is 0 Å². The van der Waals surface area contributed by atoms with E-state index < -0.39 is 16.9 Å². The first-order valence-electron chi connectivity index (χ1n) is 11.0. The number of nitrogens with zero attached hydrogens (tertiary/aromatic N) is 5. The number of amides is 2. The van der Waals surface area contributed by atoms with E-state index in [1.807, 2.05) is 38.3 Å². The van der Waals surface area contributed by atoms with Crippen LogP contribution in [0.2, 0.25) is 0 Å². The number of hydrogen-bond acceptors (Lipinski definition) is 8. The minimum atomic E-state index is -0.542. The number of thioether (sulfide) groups is 1. The number of nitro groups is 1. The van der Waals surface area contributed by atoms with Crippen LogP contribution in [0, 0.1) is 23.0 Å². The highest BCUT2D eigenvalue weighted by atomic mass is 32.2. The van der Waals surface area contributed by atoms with Gasteiger partial charge in [0.25, 0.3) is 11.6 Å². The molecule has 0 radical (unpaired) electrons. The molecule has 35 heavy (non-hydrogen) atoms. The van der Waals surface area contributed by atoms with E-state index in [0.717, 1.165) is 5.56 Å². The van der Waals surface area contributed by atoms with Gasteiger partial charge in [0.05, 0.1) is 16.7 Å². The van der Waals surface area contributed by atoms with Crippen LogP contribution in [0.4, 0.5) is 11.5 Å². The van der Waals surface area contributed by atoms with Crippen LogP contribution in [-0.4, -0.2) is 42.2 Å². The van der Waals surface area contributed by atoms with E-state index in [9.17, 15) is 19.7 Å². The van der Waals surface area contributed by atoms with Crippen molar-refractivity contribution in [2.75, 3.05) is 11.1 Å². The van der Waals surface area contributed by atoms with Crippen LogP contribution in [0.1, 0.15) is 48.6 Å². The normalized spacial score (nSPS) is 11.8. The van der Waals surface area contributed by atoms with Gasteiger partial charge in [0.15, 0.2) is 11.0 Å². The summed E-state index contributed by atoms with van der Waals surface area (Å²) in [4.78, 5) is 40.0. The quantitative estimate of drug-likeness (QED) is 0.245. The molecule has 3 aromatic rings. The minimum Gasteiger partial charge on any atom is -0.342 e. The third-order valence-corrected chi connectivity index (χ3v) is 6.18. The Labute approximate surface area is 206 Å². The molecule has 0 saturated heterocycles. The first kappa shape index (κ1) is 25.8. The lowest BCUT2D eigenvalue weighted by Crippen LogP contribution is -2.33. The lowest BCUT2D eigenvalue weighted by atomic mass is 10.0. The molecular formula is C23H27N7O4S. The summed E-state index contributed by atoms with van der Waals surface area (Å²) in [6.07, 6.45) is 1.61. The summed E-state index contributed by atoms with van der Waals surface area (Å²) in [6, 6.07) is 8.73. The number of non-ortho nitro benzene ring substituents is 1. The van der Waals surface area contributed by atoms with Crippen molar-refractivity contribution in [1.29, 1.82) is 0 Å². The van der Waals surface area contributed by atoms with Gasteiger partial charge in [-0.1, -0.05) is 37.7 Å². The Morgan fingerprint density at radius 1 is 1.20 bits per heavy atom. The fourth-order valence-electron chi connectivity index (χ4n) is 3.36. The number of carbonyl (C=O) groups is 2. The Morgan fingerprint density at radius 2 is 1.97 bits per heavy atom. The van der Waals surface area contributed by atoms with Crippen LogP contribution < -0.4 is 10.6 Å². The Morgan fingerprint density at radius 3 is 2.63 bits per heavy atom. The molecule has 0 saturated carbocycles. The maximum absolute atomic E-state index is 12.9. The number of rotatable bonds is 10. The van der Waals surface area contributed by atoms with Crippen molar-refractivity contribution in [1.82, 2.24) is 25.1 Å². The van der Waals surface area contributed by atoms with E-state index in [-0.39, 0.29) is 28.8 Å². The van der Waals surface area contributed by atoms with Gasteiger partial charge in [0.2, 0.25) is 5.91 Å². The van der Waals surface area contributed by atoms with Gasteiger partial charge in [-0.25, -0.2) is 4.98 Å². The highest BCUT2D eigenvalue weighted by Gasteiger charge is 2.26. The number of aromatic nitrogens is 4. The number of pyridine rings is 1. The number of benzene rings is 1. The maximum atomic E-state index is 12.9. The predicted octanol–water partition coefficient (Wildman–Crippen LogP) is 3.77. The van der Waals surface area contributed by atoms with Gasteiger partial charge in [-0.3, -0.25) is 19.7 Å². The monoisotopic (exact) mass is 497 g/mol. The SMILES string of the molecule is CCn1c(SCC(=O)Nc2ncccc2C)nnc1[C@@H](NC(=O)c1cccc([N+](=O)[O-])c1)C(C)C. The molecule has 0 unspecified atom stereocenters. The van der Waals surface area contributed by atoms with Gasteiger partial charge >= 0.3 is 0 Å². The van der Waals surface area contributed by atoms with E-state index in [2.05, 4.69) is 25.8 Å². The molecule has 11 nitrogen and oxygen atoms in total. The second-order valence-electron chi connectivity index (χ2n) is 8.09. The van der Waals surface area contributed by atoms with E-state index in [1.165, 1.54) is 36.0 Å². The summed E-state index contributed by atoms with van der Waals surface area (Å²) >= 11 is 1.24. The highest BCUT2D eigenvalue weighted by molar-refractivity contribution is 7.99. The number of nitrogens with one attached hydrogen (secondary N) is 2. The lowest BCUT2D eigenvalue weighted by molar-refractivity contribution is -0.384. The lowest BCUT2D eigenvalue weighted by Gasteiger charge is -2.22. The molecule has 0 bridgehead atoms. The Bertz CT molecular complexity index is 1230. The summed E-state index contributed by atoms with van der Waals surface area (Å²) in [5, 5.41) is 25.9. The van der Waals surface area contributed by atoms with Crippen molar-refractivity contribution in [2.45, 2.75) is 45.4 Å². The average molecular weight is 498 g/mol. The molecular weight excluding hydrogens is 470 g/mol. The van der Waals surface area contributed by atoms with Gasteiger partial charge in [-0.15, -0.1) is 10.2 Å². The summed E-state index contributed by atoms with van der Waals surface area (Å²) in [6.45, 7) is 8.18. The van der Waals surface area contributed by atoms with Crippen LogP contribution in [0.3, 0.4) is 0 Å². The van der Waals surface area contributed by atoms with Gasteiger partial charge in [0, 0.05) is 30.4 Å². The molecule has 2 aromatic heterocycles. The molecule has 0 aliphatic heterocycles. The Kier molecular flexibility index (Phi) is 8.53. The summed E-state index contributed by atoms with van der Waals surface area (Å²) < 4.78 is 1.85. The van der Waals surface area contributed by atoms with Crippen LogP contribution in [-0.2, 0) is 11.3 Å². The van der Waals surface area contributed by atoms with Crippen molar-refractivity contribution in [3.8, 4) is 0 Å². The van der Waals surface area contributed by atoms with Crippen molar-refractivity contribution < 1.29 is 14.5 Å². The fourth-order valence-corrected chi connectivity index (χ4v) is 4.17. The summed E-state index contributed by atoms with van der Waals surface area (Å²) in [7, 11) is 0.